The first-order chi connectivity index (χ1) is 9.52. The van der Waals surface area contributed by atoms with Crippen LogP contribution in [0, 0.1) is 12.7 Å². The maximum Gasteiger partial charge on any atom is 0.216 e. The van der Waals surface area contributed by atoms with Crippen molar-refractivity contribution in [1.82, 2.24) is 15.1 Å². The molecule has 0 radical (unpaired) electrons. The summed E-state index contributed by atoms with van der Waals surface area (Å²) >= 11 is 0. The Morgan fingerprint density at radius 1 is 1.45 bits per heavy atom. The van der Waals surface area contributed by atoms with Gasteiger partial charge in [-0.05, 0) is 31.5 Å². The SMILES string of the molecule is COc1c(CN[C@H](C)c2cccc(F)c2)c(C)nn1C. The first-order valence-electron chi connectivity index (χ1n) is 6.58. The predicted molar refractivity (Wildman–Crippen MR) is 76.2 cm³/mol. The Kier molecular flexibility index (Phi) is 4.39. The lowest BCUT2D eigenvalue weighted by atomic mass is 10.1. The third-order valence-electron chi connectivity index (χ3n) is 3.42. The van der Waals surface area contributed by atoms with Crippen LogP contribution in [0.2, 0.25) is 0 Å². The first-order valence-corrected chi connectivity index (χ1v) is 6.58. The number of aryl methyl sites for hydroxylation is 2. The van der Waals surface area contributed by atoms with Gasteiger partial charge >= 0.3 is 0 Å². The van der Waals surface area contributed by atoms with Crippen molar-refractivity contribution in [3.8, 4) is 5.88 Å². The number of ether oxygens (including phenoxy) is 1. The average Bonchev–Trinajstić information content (AvgIpc) is 2.69. The molecule has 108 valence electrons. The van der Waals surface area contributed by atoms with Gasteiger partial charge in [0.15, 0.2) is 0 Å². The lowest BCUT2D eigenvalue weighted by molar-refractivity contribution is 0.367. The molecule has 1 aromatic heterocycles. The Balaban J connectivity index is 2.09. The van der Waals surface area contributed by atoms with E-state index in [1.54, 1.807) is 23.9 Å². The normalized spacial score (nSPS) is 12.4. The predicted octanol–water partition coefficient (Wildman–Crippen LogP) is 2.73. The summed E-state index contributed by atoms with van der Waals surface area (Å²) in [5.41, 5.74) is 2.88. The van der Waals surface area contributed by atoms with Crippen LogP contribution in [0.15, 0.2) is 24.3 Å². The second-order valence-corrected chi connectivity index (χ2v) is 4.85. The van der Waals surface area contributed by atoms with E-state index in [4.69, 9.17) is 4.74 Å². The van der Waals surface area contributed by atoms with Crippen LogP contribution in [-0.4, -0.2) is 16.9 Å². The van der Waals surface area contributed by atoms with Crippen molar-refractivity contribution in [2.45, 2.75) is 26.4 Å². The summed E-state index contributed by atoms with van der Waals surface area (Å²) in [6, 6.07) is 6.68. The van der Waals surface area contributed by atoms with Gasteiger partial charge in [-0.2, -0.15) is 5.10 Å². The van der Waals surface area contributed by atoms with Crippen LogP contribution in [-0.2, 0) is 13.6 Å². The fraction of sp³-hybridized carbons (Fsp3) is 0.400. The lowest BCUT2D eigenvalue weighted by Gasteiger charge is -2.14. The maximum absolute atomic E-state index is 13.2. The molecule has 0 unspecified atom stereocenters. The summed E-state index contributed by atoms with van der Waals surface area (Å²) in [5.74, 6) is 0.535. The summed E-state index contributed by atoms with van der Waals surface area (Å²) in [5, 5.41) is 7.71. The van der Waals surface area contributed by atoms with Gasteiger partial charge in [0.25, 0.3) is 0 Å². The molecule has 5 heteroatoms. The third kappa shape index (κ3) is 2.99. The Labute approximate surface area is 118 Å². The van der Waals surface area contributed by atoms with Crippen LogP contribution in [0.5, 0.6) is 5.88 Å². The fourth-order valence-corrected chi connectivity index (χ4v) is 2.29. The minimum atomic E-state index is -0.216. The maximum atomic E-state index is 13.2. The highest BCUT2D eigenvalue weighted by Crippen LogP contribution is 2.22. The Hall–Kier alpha value is -1.88. The largest absolute Gasteiger partial charge is 0.481 e. The van der Waals surface area contributed by atoms with Crippen molar-refractivity contribution in [2.24, 2.45) is 7.05 Å². The monoisotopic (exact) mass is 277 g/mol. The number of methoxy groups -OCH3 is 1. The van der Waals surface area contributed by atoms with Crippen molar-refractivity contribution in [3.05, 3.63) is 46.9 Å². The molecule has 0 saturated carbocycles. The molecule has 0 saturated heterocycles. The van der Waals surface area contributed by atoms with Crippen molar-refractivity contribution in [3.63, 3.8) is 0 Å². The molecule has 0 amide bonds. The number of nitrogens with zero attached hydrogens (tertiary/aromatic N) is 2. The zero-order valence-corrected chi connectivity index (χ0v) is 12.3. The first kappa shape index (κ1) is 14.5. The molecule has 4 nitrogen and oxygen atoms in total. The van der Waals surface area contributed by atoms with Gasteiger partial charge in [-0.3, -0.25) is 0 Å². The second-order valence-electron chi connectivity index (χ2n) is 4.85. The summed E-state index contributed by atoms with van der Waals surface area (Å²) in [6.45, 7) is 4.58. The smallest absolute Gasteiger partial charge is 0.216 e. The molecule has 1 aromatic carbocycles. The van der Waals surface area contributed by atoms with Gasteiger partial charge in [0.2, 0.25) is 5.88 Å². The number of rotatable bonds is 5. The van der Waals surface area contributed by atoms with Crippen LogP contribution < -0.4 is 10.1 Å². The van der Waals surface area contributed by atoms with E-state index in [-0.39, 0.29) is 11.9 Å². The van der Waals surface area contributed by atoms with E-state index in [1.807, 2.05) is 27.0 Å². The molecule has 2 aromatic rings. The van der Waals surface area contributed by atoms with Gasteiger partial charge in [0.05, 0.1) is 18.4 Å². The number of nitrogens with one attached hydrogen (secondary N) is 1. The quantitative estimate of drug-likeness (QED) is 0.913. The third-order valence-corrected chi connectivity index (χ3v) is 3.42. The zero-order valence-electron chi connectivity index (χ0n) is 12.3. The van der Waals surface area contributed by atoms with E-state index in [1.165, 1.54) is 6.07 Å². The zero-order chi connectivity index (χ0) is 14.7. The highest BCUT2D eigenvalue weighted by Gasteiger charge is 2.15. The molecule has 0 spiro atoms. The molecule has 1 atom stereocenters. The number of benzene rings is 1. The molecule has 0 aliphatic carbocycles. The van der Waals surface area contributed by atoms with Gasteiger partial charge in [-0.1, -0.05) is 12.1 Å². The van der Waals surface area contributed by atoms with Crippen LogP contribution in [0.4, 0.5) is 4.39 Å². The van der Waals surface area contributed by atoms with Gasteiger partial charge in [-0.25, -0.2) is 9.07 Å². The summed E-state index contributed by atoms with van der Waals surface area (Å²) in [4.78, 5) is 0. The minimum absolute atomic E-state index is 0.0509. The molecule has 0 aliphatic rings. The number of aromatic nitrogens is 2. The molecule has 0 aliphatic heterocycles. The fourth-order valence-electron chi connectivity index (χ4n) is 2.29. The molecule has 0 bridgehead atoms. The molecule has 20 heavy (non-hydrogen) atoms. The Morgan fingerprint density at radius 2 is 2.20 bits per heavy atom. The van der Waals surface area contributed by atoms with Crippen LogP contribution in [0.25, 0.3) is 0 Å². The highest BCUT2D eigenvalue weighted by molar-refractivity contribution is 5.31. The number of hydrogen-bond donors (Lipinski definition) is 1. The molecule has 0 fully saturated rings. The van der Waals surface area contributed by atoms with Crippen molar-refractivity contribution < 1.29 is 9.13 Å². The van der Waals surface area contributed by atoms with Crippen molar-refractivity contribution in [1.29, 1.82) is 0 Å². The van der Waals surface area contributed by atoms with Crippen LogP contribution in [0.1, 0.15) is 29.8 Å². The number of hydrogen-bond acceptors (Lipinski definition) is 3. The Bertz CT molecular complexity index is 595. The second kappa shape index (κ2) is 6.05. The van der Waals surface area contributed by atoms with E-state index in [0.29, 0.717) is 6.54 Å². The van der Waals surface area contributed by atoms with Gasteiger partial charge in [0, 0.05) is 19.6 Å². The average molecular weight is 277 g/mol. The standard InChI is InChI=1S/C15H20FN3O/c1-10(12-6-5-7-13(16)8-12)17-9-14-11(2)18-19(3)15(14)20-4/h5-8,10,17H,9H2,1-4H3/t10-/m1/s1. The molecular formula is C15H20FN3O. The topological polar surface area (TPSA) is 39.1 Å². The Morgan fingerprint density at radius 3 is 2.85 bits per heavy atom. The van der Waals surface area contributed by atoms with E-state index in [2.05, 4.69) is 10.4 Å². The van der Waals surface area contributed by atoms with Crippen molar-refractivity contribution in [2.75, 3.05) is 7.11 Å². The molecule has 1 heterocycles. The molecule has 1 N–H and O–H groups in total. The summed E-state index contributed by atoms with van der Waals surface area (Å²) in [7, 11) is 3.49. The number of halogens is 1. The van der Waals surface area contributed by atoms with Crippen LogP contribution in [0.3, 0.4) is 0 Å². The minimum Gasteiger partial charge on any atom is -0.481 e. The van der Waals surface area contributed by atoms with E-state index in [9.17, 15) is 4.39 Å². The summed E-state index contributed by atoms with van der Waals surface area (Å²) in [6.07, 6.45) is 0. The van der Waals surface area contributed by atoms with Gasteiger partial charge in [0.1, 0.15) is 5.82 Å². The lowest BCUT2D eigenvalue weighted by Crippen LogP contribution is -2.18. The van der Waals surface area contributed by atoms with Gasteiger partial charge in [-0.15, -0.1) is 0 Å². The highest BCUT2D eigenvalue weighted by atomic mass is 19.1. The van der Waals surface area contributed by atoms with Gasteiger partial charge < -0.3 is 10.1 Å². The molecule has 2 rings (SSSR count). The summed E-state index contributed by atoms with van der Waals surface area (Å²) < 4.78 is 20.3. The van der Waals surface area contributed by atoms with E-state index >= 15 is 0 Å². The van der Waals surface area contributed by atoms with Crippen molar-refractivity contribution >= 4 is 0 Å². The van der Waals surface area contributed by atoms with E-state index < -0.39 is 0 Å². The van der Waals surface area contributed by atoms with Crippen LogP contribution >= 0.6 is 0 Å². The molecular weight excluding hydrogens is 257 g/mol. The van der Waals surface area contributed by atoms with E-state index in [0.717, 1.165) is 22.7 Å².